The van der Waals surface area contributed by atoms with Gasteiger partial charge >= 0.3 is 0 Å². The first kappa shape index (κ1) is 11.5. The third-order valence-corrected chi connectivity index (χ3v) is 3.18. The Hall–Kier alpha value is -1.02. The molecule has 0 saturated carbocycles. The molecule has 1 N–H and O–H groups in total. The second-order valence-electron chi connectivity index (χ2n) is 4.98. The van der Waals surface area contributed by atoms with E-state index < -0.39 is 0 Å². The molecule has 0 amide bonds. The summed E-state index contributed by atoms with van der Waals surface area (Å²) < 4.78 is 5.60. The largest absolute Gasteiger partial charge is 0.493 e. The number of ether oxygens (including phenoxy) is 1. The molecule has 88 valence electrons. The number of hydrogen-bond acceptors (Lipinski definition) is 2. The van der Waals surface area contributed by atoms with Crippen LogP contribution < -0.4 is 4.74 Å². The molecule has 1 aliphatic heterocycles. The topological polar surface area (TPSA) is 29.5 Å². The van der Waals surface area contributed by atoms with Crippen LogP contribution in [0.25, 0.3) is 0 Å². The standard InChI is InChI=1S/C14H20O2/c1-10(2)9-13(15)11-7-8-16-14-6-4-3-5-12(11)14/h3-6,10-11,13,15H,7-9H2,1-2H3. The number of para-hydroxylation sites is 1. The Labute approximate surface area is 97.3 Å². The lowest BCUT2D eigenvalue weighted by atomic mass is 9.85. The first-order valence-electron chi connectivity index (χ1n) is 6.08. The maximum absolute atomic E-state index is 10.2. The van der Waals surface area contributed by atoms with E-state index in [0.29, 0.717) is 5.92 Å². The van der Waals surface area contributed by atoms with Gasteiger partial charge < -0.3 is 9.84 Å². The monoisotopic (exact) mass is 220 g/mol. The second kappa shape index (κ2) is 4.88. The summed E-state index contributed by atoms with van der Waals surface area (Å²) in [5, 5.41) is 10.2. The molecule has 0 saturated heterocycles. The fourth-order valence-electron chi connectivity index (χ4n) is 2.42. The highest BCUT2D eigenvalue weighted by Crippen LogP contribution is 2.36. The molecule has 0 fully saturated rings. The van der Waals surface area contributed by atoms with Gasteiger partial charge in [0, 0.05) is 5.92 Å². The molecule has 0 aromatic heterocycles. The predicted molar refractivity (Wildman–Crippen MR) is 64.8 cm³/mol. The number of aliphatic hydroxyl groups is 1. The van der Waals surface area contributed by atoms with Crippen molar-refractivity contribution in [1.29, 1.82) is 0 Å². The van der Waals surface area contributed by atoms with E-state index in [1.807, 2.05) is 18.2 Å². The molecule has 2 rings (SSSR count). The van der Waals surface area contributed by atoms with Gasteiger partial charge in [-0.2, -0.15) is 0 Å². The molecule has 2 heteroatoms. The lowest BCUT2D eigenvalue weighted by molar-refractivity contribution is 0.0972. The zero-order chi connectivity index (χ0) is 11.5. The summed E-state index contributed by atoms with van der Waals surface area (Å²) in [6.07, 6.45) is 1.54. The summed E-state index contributed by atoms with van der Waals surface area (Å²) in [6, 6.07) is 8.06. The summed E-state index contributed by atoms with van der Waals surface area (Å²) in [7, 11) is 0. The number of benzene rings is 1. The molecule has 16 heavy (non-hydrogen) atoms. The minimum atomic E-state index is -0.245. The normalized spacial score (nSPS) is 21.4. The predicted octanol–water partition coefficient (Wildman–Crippen LogP) is 2.96. The minimum Gasteiger partial charge on any atom is -0.493 e. The zero-order valence-corrected chi connectivity index (χ0v) is 10.0. The summed E-state index contributed by atoms with van der Waals surface area (Å²) in [4.78, 5) is 0. The van der Waals surface area contributed by atoms with Gasteiger partial charge in [-0.05, 0) is 30.4 Å². The van der Waals surface area contributed by atoms with Crippen LogP contribution in [0.4, 0.5) is 0 Å². The van der Waals surface area contributed by atoms with Crippen molar-refractivity contribution in [2.75, 3.05) is 6.61 Å². The highest BCUT2D eigenvalue weighted by atomic mass is 16.5. The van der Waals surface area contributed by atoms with E-state index in [1.165, 1.54) is 5.56 Å². The van der Waals surface area contributed by atoms with E-state index in [-0.39, 0.29) is 12.0 Å². The lowest BCUT2D eigenvalue weighted by Gasteiger charge is -2.30. The Kier molecular flexibility index (Phi) is 3.49. The van der Waals surface area contributed by atoms with Gasteiger partial charge in [0.25, 0.3) is 0 Å². The van der Waals surface area contributed by atoms with Crippen molar-refractivity contribution in [2.45, 2.75) is 38.7 Å². The Balaban J connectivity index is 2.18. The van der Waals surface area contributed by atoms with E-state index in [9.17, 15) is 5.11 Å². The lowest BCUT2D eigenvalue weighted by Crippen LogP contribution is -2.26. The van der Waals surface area contributed by atoms with Crippen molar-refractivity contribution >= 4 is 0 Å². The van der Waals surface area contributed by atoms with E-state index in [2.05, 4.69) is 19.9 Å². The number of fused-ring (bicyclic) bond motifs is 1. The van der Waals surface area contributed by atoms with Crippen LogP contribution in [-0.2, 0) is 0 Å². The first-order valence-corrected chi connectivity index (χ1v) is 6.08. The fourth-order valence-corrected chi connectivity index (χ4v) is 2.42. The van der Waals surface area contributed by atoms with Crippen LogP contribution in [0, 0.1) is 5.92 Å². The average molecular weight is 220 g/mol. The second-order valence-corrected chi connectivity index (χ2v) is 4.98. The van der Waals surface area contributed by atoms with Crippen molar-refractivity contribution in [3.8, 4) is 5.75 Å². The van der Waals surface area contributed by atoms with Gasteiger partial charge in [0.2, 0.25) is 0 Å². The van der Waals surface area contributed by atoms with Crippen molar-refractivity contribution in [2.24, 2.45) is 5.92 Å². The van der Waals surface area contributed by atoms with Gasteiger partial charge in [-0.15, -0.1) is 0 Å². The molecule has 2 atom stereocenters. The Bertz CT molecular complexity index is 346. The molecule has 2 unspecified atom stereocenters. The Morgan fingerprint density at radius 2 is 2.12 bits per heavy atom. The van der Waals surface area contributed by atoms with Gasteiger partial charge in [0.05, 0.1) is 12.7 Å². The maximum atomic E-state index is 10.2. The van der Waals surface area contributed by atoms with Crippen LogP contribution in [0.2, 0.25) is 0 Å². The third-order valence-electron chi connectivity index (χ3n) is 3.18. The highest BCUT2D eigenvalue weighted by Gasteiger charge is 2.27. The van der Waals surface area contributed by atoms with Crippen molar-refractivity contribution < 1.29 is 9.84 Å². The molecule has 0 radical (unpaired) electrons. The number of hydrogen-bond donors (Lipinski definition) is 1. The van der Waals surface area contributed by atoms with Crippen LogP contribution in [0.15, 0.2) is 24.3 Å². The smallest absolute Gasteiger partial charge is 0.122 e. The Morgan fingerprint density at radius 3 is 2.88 bits per heavy atom. The summed E-state index contributed by atoms with van der Waals surface area (Å²) in [5.41, 5.74) is 1.17. The fraction of sp³-hybridized carbons (Fsp3) is 0.571. The molecule has 0 spiro atoms. The Morgan fingerprint density at radius 1 is 1.38 bits per heavy atom. The molecule has 1 aliphatic rings. The van der Waals surface area contributed by atoms with Gasteiger partial charge in [0.15, 0.2) is 0 Å². The van der Waals surface area contributed by atoms with E-state index in [1.54, 1.807) is 0 Å². The van der Waals surface area contributed by atoms with Crippen molar-refractivity contribution in [3.63, 3.8) is 0 Å². The van der Waals surface area contributed by atoms with Crippen LogP contribution in [0.1, 0.15) is 38.2 Å². The molecule has 1 aromatic rings. The molecular weight excluding hydrogens is 200 g/mol. The molecular formula is C14H20O2. The zero-order valence-electron chi connectivity index (χ0n) is 10.0. The molecule has 0 aliphatic carbocycles. The van der Waals surface area contributed by atoms with Gasteiger partial charge in [-0.25, -0.2) is 0 Å². The van der Waals surface area contributed by atoms with Gasteiger partial charge in [-0.3, -0.25) is 0 Å². The minimum absolute atomic E-state index is 0.243. The van der Waals surface area contributed by atoms with Gasteiger partial charge in [0.1, 0.15) is 5.75 Å². The SMILES string of the molecule is CC(C)CC(O)C1CCOc2ccccc21. The van der Waals surface area contributed by atoms with Crippen LogP contribution in [0.3, 0.4) is 0 Å². The van der Waals surface area contributed by atoms with Crippen molar-refractivity contribution in [1.82, 2.24) is 0 Å². The van der Waals surface area contributed by atoms with E-state index in [4.69, 9.17) is 4.74 Å². The number of rotatable bonds is 3. The summed E-state index contributed by atoms with van der Waals surface area (Å²) >= 11 is 0. The molecule has 1 aromatic carbocycles. The van der Waals surface area contributed by atoms with E-state index in [0.717, 1.165) is 25.2 Å². The molecule has 2 nitrogen and oxygen atoms in total. The van der Waals surface area contributed by atoms with Crippen LogP contribution >= 0.6 is 0 Å². The highest BCUT2D eigenvalue weighted by molar-refractivity contribution is 5.38. The molecule has 0 bridgehead atoms. The van der Waals surface area contributed by atoms with Crippen LogP contribution in [-0.4, -0.2) is 17.8 Å². The first-order chi connectivity index (χ1) is 7.68. The number of aliphatic hydroxyl groups excluding tert-OH is 1. The summed E-state index contributed by atoms with van der Waals surface area (Å²) in [5.74, 6) is 1.72. The van der Waals surface area contributed by atoms with Crippen LogP contribution in [0.5, 0.6) is 5.75 Å². The van der Waals surface area contributed by atoms with Gasteiger partial charge in [-0.1, -0.05) is 32.0 Å². The van der Waals surface area contributed by atoms with Crippen molar-refractivity contribution in [3.05, 3.63) is 29.8 Å². The quantitative estimate of drug-likeness (QED) is 0.848. The third kappa shape index (κ3) is 2.38. The average Bonchev–Trinajstić information content (AvgIpc) is 2.27. The summed E-state index contributed by atoms with van der Waals surface area (Å²) in [6.45, 7) is 5.01. The maximum Gasteiger partial charge on any atom is 0.122 e. The van der Waals surface area contributed by atoms with E-state index >= 15 is 0 Å². The molecule has 1 heterocycles.